The summed E-state index contributed by atoms with van der Waals surface area (Å²) in [5, 5.41) is 0. The minimum Gasteiger partial charge on any atom is -0.458 e. The van der Waals surface area contributed by atoms with Crippen molar-refractivity contribution in [2.24, 2.45) is 23.7 Å². The maximum absolute atomic E-state index is 11.9. The normalized spacial score (nSPS) is 39.7. The number of ether oxygens (including phenoxy) is 2. The predicted octanol–water partition coefficient (Wildman–Crippen LogP) is 0.00350. The van der Waals surface area contributed by atoms with Crippen LogP contribution in [0.2, 0.25) is 0 Å². The molecule has 8 heteroatoms. The number of rotatable bonds is 4. The van der Waals surface area contributed by atoms with Crippen molar-refractivity contribution >= 4 is 22.1 Å². The van der Waals surface area contributed by atoms with Gasteiger partial charge < -0.3 is 9.47 Å². The summed E-state index contributed by atoms with van der Waals surface area (Å²) in [5.41, 5.74) is 0. The molecule has 3 fully saturated rings. The maximum Gasteiger partial charge on any atom is 0.310 e. The molecule has 7 nitrogen and oxygen atoms in total. The zero-order valence-corrected chi connectivity index (χ0v) is 11.7. The van der Waals surface area contributed by atoms with Crippen LogP contribution in [0.15, 0.2) is 0 Å². The Bertz CT molecular complexity index is 554. The highest BCUT2D eigenvalue weighted by Crippen LogP contribution is 2.55. The molecule has 20 heavy (non-hydrogen) atoms. The second kappa shape index (κ2) is 4.42. The van der Waals surface area contributed by atoms with Crippen LogP contribution < -0.4 is 0 Å². The van der Waals surface area contributed by atoms with Crippen LogP contribution in [0.1, 0.15) is 19.8 Å². The van der Waals surface area contributed by atoms with E-state index in [1.807, 2.05) is 0 Å². The van der Waals surface area contributed by atoms with E-state index in [-0.39, 0.29) is 29.8 Å². The van der Waals surface area contributed by atoms with Crippen LogP contribution in [-0.4, -0.2) is 42.9 Å². The van der Waals surface area contributed by atoms with Crippen LogP contribution in [-0.2, 0) is 29.2 Å². The van der Waals surface area contributed by atoms with Crippen molar-refractivity contribution in [2.75, 3.05) is 5.75 Å². The minimum absolute atomic E-state index is 0.0600. The van der Waals surface area contributed by atoms with Gasteiger partial charge in [-0.05, 0) is 12.8 Å². The van der Waals surface area contributed by atoms with Crippen LogP contribution in [0.3, 0.4) is 0 Å². The van der Waals surface area contributed by atoms with Crippen molar-refractivity contribution in [3.8, 4) is 0 Å². The molecule has 0 spiro atoms. The Morgan fingerprint density at radius 3 is 2.85 bits per heavy atom. The largest absolute Gasteiger partial charge is 0.458 e. The third kappa shape index (κ3) is 2.20. The Hall–Kier alpha value is -1.15. The van der Waals surface area contributed by atoms with Crippen LogP contribution in [0.5, 0.6) is 0 Å². The quantitative estimate of drug-likeness (QED) is 0.575. The van der Waals surface area contributed by atoms with E-state index >= 15 is 0 Å². The predicted molar refractivity (Wildman–Crippen MR) is 65.0 cm³/mol. The van der Waals surface area contributed by atoms with Gasteiger partial charge in [-0.15, -0.1) is 0 Å². The first-order valence-electron chi connectivity index (χ1n) is 6.62. The number of fused-ring (bicyclic) bond motifs is 1. The third-order valence-electron chi connectivity index (χ3n) is 4.53. The number of hydrogen-bond donors (Lipinski definition) is 1. The molecule has 1 heterocycles. The van der Waals surface area contributed by atoms with E-state index in [0.717, 1.165) is 6.42 Å². The van der Waals surface area contributed by atoms with Gasteiger partial charge in [-0.25, -0.2) is 0 Å². The average molecular weight is 304 g/mol. The van der Waals surface area contributed by atoms with Crippen molar-refractivity contribution in [2.45, 2.75) is 32.0 Å². The highest BCUT2D eigenvalue weighted by atomic mass is 32.2. The van der Waals surface area contributed by atoms with Gasteiger partial charge >= 0.3 is 11.9 Å². The molecule has 6 atom stereocenters. The molecule has 1 aliphatic heterocycles. The van der Waals surface area contributed by atoms with Crippen molar-refractivity contribution in [3.05, 3.63) is 0 Å². The van der Waals surface area contributed by atoms with E-state index in [4.69, 9.17) is 14.0 Å². The van der Waals surface area contributed by atoms with Crippen LogP contribution >= 0.6 is 0 Å². The fourth-order valence-electron chi connectivity index (χ4n) is 3.70. The standard InChI is InChI=1S/C12H16O7S/c1-5(4-20(15,16)17)11(13)18-9-6-2-7-8(3-6)12(14)19-10(7)9/h5-10H,2-4H2,1H3,(H,15,16,17). The van der Waals surface area contributed by atoms with E-state index in [1.54, 1.807) is 0 Å². The third-order valence-corrected chi connectivity index (χ3v) is 5.45. The SMILES string of the molecule is CC(CS(=O)(=O)O)C(=O)OC1C2CC3C(=O)OC1C3C2. The summed E-state index contributed by atoms with van der Waals surface area (Å²) in [5.74, 6) is -2.33. The van der Waals surface area contributed by atoms with Gasteiger partial charge in [-0.3, -0.25) is 14.1 Å². The molecular formula is C12H16O7S. The van der Waals surface area contributed by atoms with Gasteiger partial charge in [0.1, 0.15) is 12.2 Å². The van der Waals surface area contributed by atoms with Gasteiger partial charge in [-0.1, -0.05) is 6.92 Å². The summed E-state index contributed by atoms with van der Waals surface area (Å²) in [7, 11) is -4.22. The summed E-state index contributed by atoms with van der Waals surface area (Å²) < 4.78 is 40.8. The van der Waals surface area contributed by atoms with E-state index in [1.165, 1.54) is 6.92 Å². The molecular weight excluding hydrogens is 288 g/mol. The fraction of sp³-hybridized carbons (Fsp3) is 0.833. The molecule has 2 aliphatic carbocycles. The average Bonchev–Trinajstić information content (AvgIpc) is 2.91. The zero-order valence-electron chi connectivity index (χ0n) is 10.9. The molecule has 6 unspecified atom stereocenters. The molecule has 0 aromatic rings. The first-order chi connectivity index (χ1) is 9.26. The fourth-order valence-corrected chi connectivity index (χ4v) is 4.47. The Morgan fingerprint density at radius 2 is 2.20 bits per heavy atom. The Kier molecular flexibility index (Phi) is 3.06. The second-order valence-corrected chi connectivity index (χ2v) is 7.45. The van der Waals surface area contributed by atoms with Crippen molar-refractivity contribution in [1.29, 1.82) is 0 Å². The Morgan fingerprint density at radius 1 is 1.50 bits per heavy atom. The molecule has 2 saturated carbocycles. The van der Waals surface area contributed by atoms with E-state index in [9.17, 15) is 18.0 Å². The van der Waals surface area contributed by atoms with E-state index < -0.39 is 33.9 Å². The first kappa shape index (κ1) is 13.8. The van der Waals surface area contributed by atoms with Crippen LogP contribution in [0.25, 0.3) is 0 Å². The summed E-state index contributed by atoms with van der Waals surface area (Å²) in [6, 6.07) is 0. The molecule has 1 saturated heterocycles. The molecule has 112 valence electrons. The van der Waals surface area contributed by atoms with E-state index in [2.05, 4.69) is 0 Å². The van der Waals surface area contributed by atoms with Gasteiger partial charge in [0.25, 0.3) is 10.1 Å². The number of esters is 2. The highest BCUT2D eigenvalue weighted by Gasteiger charge is 2.63. The van der Waals surface area contributed by atoms with Crippen molar-refractivity contribution in [1.82, 2.24) is 0 Å². The number of carbonyl (C=O) groups is 2. The first-order valence-corrected chi connectivity index (χ1v) is 8.23. The molecule has 0 aromatic heterocycles. The molecule has 2 bridgehead atoms. The van der Waals surface area contributed by atoms with Gasteiger partial charge in [0.15, 0.2) is 0 Å². The topological polar surface area (TPSA) is 107 Å². The lowest BCUT2D eigenvalue weighted by molar-refractivity contribution is -0.164. The Balaban J connectivity index is 1.65. The second-order valence-electron chi connectivity index (χ2n) is 5.95. The molecule has 0 amide bonds. The van der Waals surface area contributed by atoms with E-state index in [0.29, 0.717) is 6.42 Å². The summed E-state index contributed by atoms with van der Waals surface area (Å²) >= 11 is 0. The lowest BCUT2D eigenvalue weighted by atomic mass is 9.88. The van der Waals surface area contributed by atoms with Crippen molar-refractivity contribution in [3.63, 3.8) is 0 Å². The maximum atomic E-state index is 11.9. The smallest absolute Gasteiger partial charge is 0.310 e. The summed E-state index contributed by atoms with van der Waals surface area (Å²) in [6.07, 6.45) is 0.628. The number of carbonyl (C=O) groups excluding carboxylic acids is 2. The minimum atomic E-state index is -4.22. The number of hydrogen-bond acceptors (Lipinski definition) is 6. The van der Waals surface area contributed by atoms with Gasteiger partial charge in [0, 0.05) is 11.8 Å². The van der Waals surface area contributed by atoms with Gasteiger partial charge in [0.05, 0.1) is 17.6 Å². The summed E-state index contributed by atoms with van der Waals surface area (Å²) in [6.45, 7) is 1.38. The molecule has 0 radical (unpaired) electrons. The van der Waals surface area contributed by atoms with Crippen LogP contribution in [0.4, 0.5) is 0 Å². The monoisotopic (exact) mass is 304 g/mol. The zero-order chi connectivity index (χ0) is 14.7. The van der Waals surface area contributed by atoms with Gasteiger partial charge in [0.2, 0.25) is 0 Å². The molecule has 0 aromatic carbocycles. The molecule has 1 N–H and O–H groups in total. The Labute approximate surface area is 116 Å². The van der Waals surface area contributed by atoms with Crippen molar-refractivity contribution < 1.29 is 32.0 Å². The molecule has 3 rings (SSSR count). The lowest BCUT2D eigenvalue weighted by Crippen LogP contribution is -2.38. The van der Waals surface area contributed by atoms with Gasteiger partial charge in [-0.2, -0.15) is 8.42 Å². The molecule has 3 aliphatic rings. The highest BCUT2D eigenvalue weighted by molar-refractivity contribution is 7.85. The lowest BCUT2D eigenvalue weighted by Gasteiger charge is -2.26. The van der Waals surface area contributed by atoms with Crippen LogP contribution in [0, 0.1) is 23.7 Å². The summed E-state index contributed by atoms with van der Waals surface area (Å²) in [4.78, 5) is 23.4.